The molecular formula is C75H142O6. The van der Waals surface area contributed by atoms with Crippen molar-refractivity contribution in [3.63, 3.8) is 0 Å². The van der Waals surface area contributed by atoms with Crippen LogP contribution in [0.3, 0.4) is 0 Å². The molecule has 1 unspecified atom stereocenters. The second-order valence-corrected chi connectivity index (χ2v) is 25.2. The van der Waals surface area contributed by atoms with Crippen LogP contribution in [-0.4, -0.2) is 37.2 Å². The summed E-state index contributed by atoms with van der Waals surface area (Å²) in [6, 6.07) is 0. The van der Waals surface area contributed by atoms with Crippen molar-refractivity contribution in [3.8, 4) is 0 Å². The number of allylic oxidation sites excluding steroid dienone is 4. The van der Waals surface area contributed by atoms with E-state index in [4.69, 9.17) is 14.2 Å². The summed E-state index contributed by atoms with van der Waals surface area (Å²) in [6.45, 7) is 6.71. The highest BCUT2D eigenvalue weighted by Gasteiger charge is 2.20. The normalized spacial score (nSPS) is 12.1. The summed E-state index contributed by atoms with van der Waals surface area (Å²) in [5.41, 5.74) is 0. The minimum absolute atomic E-state index is 0.0669. The Morgan fingerprint density at radius 1 is 0.247 bits per heavy atom. The van der Waals surface area contributed by atoms with Crippen LogP contribution in [0, 0.1) is 0 Å². The van der Waals surface area contributed by atoms with Crippen LogP contribution in [0.4, 0.5) is 0 Å². The molecule has 0 aromatic carbocycles. The first-order valence-corrected chi connectivity index (χ1v) is 36.8. The Labute approximate surface area is 506 Å². The fourth-order valence-corrected chi connectivity index (χ4v) is 11.4. The van der Waals surface area contributed by atoms with Crippen molar-refractivity contribution in [1.82, 2.24) is 0 Å². The van der Waals surface area contributed by atoms with Crippen LogP contribution in [0.25, 0.3) is 0 Å². The van der Waals surface area contributed by atoms with Crippen LogP contribution in [0.1, 0.15) is 419 Å². The molecule has 0 aromatic heterocycles. The predicted molar refractivity (Wildman–Crippen MR) is 353 cm³/mol. The molecule has 0 N–H and O–H groups in total. The molecule has 478 valence electrons. The van der Waals surface area contributed by atoms with E-state index in [1.165, 1.54) is 308 Å². The van der Waals surface area contributed by atoms with Crippen molar-refractivity contribution in [2.45, 2.75) is 425 Å². The van der Waals surface area contributed by atoms with E-state index in [9.17, 15) is 14.4 Å². The molecule has 0 bridgehead atoms. The van der Waals surface area contributed by atoms with Crippen molar-refractivity contribution in [2.75, 3.05) is 13.2 Å². The summed E-state index contributed by atoms with van der Waals surface area (Å²) < 4.78 is 17.0. The molecule has 0 rings (SSSR count). The third-order valence-electron chi connectivity index (χ3n) is 17.0. The van der Waals surface area contributed by atoms with Gasteiger partial charge in [-0.25, -0.2) is 0 Å². The van der Waals surface area contributed by atoms with Crippen molar-refractivity contribution in [2.24, 2.45) is 0 Å². The molecule has 0 aromatic rings. The van der Waals surface area contributed by atoms with Gasteiger partial charge in [0.05, 0.1) is 0 Å². The van der Waals surface area contributed by atoms with Crippen LogP contribution in [0.2, 0.25) is 0 Å². The van der Waals surface area contributed by atoms with Crippen molar-refractivity contribution >= 4 is 17.9 Å². The lowest BCUT2D eigenvalue weighted by atomic mass is 10.0. The first-order chi connectivity index (χ1) is 40.0. The van der Waals surface area contributed by atoms with Gasteiger partial charge in [0, 0.05) is 19.3 Å². The average molecular weight is 1140 g/mol. The highest BCUT2D eigenvalue weighted by molar-refractivity contribution is 5.71. The maximum atomic E-state index is 13.0. The smallest absolute Gasteiger partial charge is 0.306 e. The van der Waals surface area contributed by atoms with Crippen LogP contribution in [0.5, 0.6) is 0 Å². The van der Waals surface area contributed by atoms with Crippen LogP contribution < -0.4 is 0 Å². The maximum Gasteiger partial charge on any atom is 0.306 e. The largest absolute Gasteiger partial charge is 0.462 e. The molecule has 0 aliphatic rings. The monoisotopic (exact) mass is 1140 g/mol. The molecule has 0 heterocycles. The van der Waals surface area contributed by atoms with Crippen molar-refractivity contribution in [1.29, 1.82) is 0 Å². The first kappa shape index (κ1) is 78.9. The number of hydrogen-bond acceptors (Lipinski definition) is 6. The van der Waals surface area contributed by atoms with Gasteiger partial charge in [0.1, 0.15) is 13.2 Å². The average Bonchev–Trinajstić information content (AvgIpc) is 3.47. The Kier molecular flexibility index (Phi) is 68.5. The minimum atomic E-state index is -0.772. The Hall–Kier alpha value is -2.11. The Bertz CT molecular complexity index is 1310. The van der Waals surface area contributed by atoms with Crippen LogP contribution >= 0.6 is 0 Å². The van der Waals surface area contributed by atoms with Gasteiger partial charge in [-0.3, -0.25) is 14.4 Å². The molecule has 0 spiro atoms. The van der Waals surface area contributed by atoms with Gasteiger partial charge in [-0.2, -0.15) is 0 Å². The molecule has 6 heteroatoms. The highest BCUT2D eigenvalue weighted by Crippen LogP contribution is 2.19. The number of carbonyl (C=O) groups excluding carboxylic acids is 3. The van der Waals surface area contributed by atoms with Crippen LogP contribution in [-0.2, 0) is 28.6 Å². The van der Waals surface area contributed by atoms with E-state index in [-0.39, 0.29) is 31.1 Å². The fourth-order valence-electron chi connectivity index (χ4n) is 11.4. The van der Waals surface area contributed by atoms with Crippen molar-refractivity contribution in [3.05, 3.63) is 24.3 Å². The first-order valence-electron chi connectivity index (χ1n) is 36.8. The molecule has 6 nitrogen and oxygen atoms in total. The molecule has 0 aliphatic heterocycles. The second kappa shape index (κ2) is 70.4. The quantitative estimate of drug-likeness (QED) is 0.0261. The highest BCUT2D eigenvalue weighted by atomic mass is 16.6. The minimum Gasteiger partial charge on any atom is -0.462 e. The summed E-state index contributed by atoms with van der Waals surface area (Å²) in [6.07, 6.45) is 86.4. The summed E-state index contributed by atoms with van der Waals surface area (Å²) in [7, 11) is 0. The SMILES string of the molecule is CCCCC/C=C\C/C=C\CCCCCCCCCC(=O)OCC(COC(=O)CCCCCCCCCCCCCCCCCCCCCCCCCC)OC(=O)CCCCCCCCCCCCCCCCCCCCCCCC. The van der Waals surface area contributed by atoms with E-state index in [2.05, 4.69) is 45.1 Å². The summed E-state index contributed by atoms with van der Waals surface area (Å²) >= 11 is 0. The van der Waals surface area contributed by atoms with E-state index < -0.39 is 6.10 Å². The van der Waals surface area contributed by atoms with E-state index in [1.54, 1.807) is 0 Å². The molecule has 0 radical (unpaired) electrons. The summed E-state index contributed by atoms with van der Waals surface area (Å²) in [4.78, 5) is 38.5. The van der Waals surface area contributed by atoms with E-state index >= 15 is 0 Å². The lowest BCUT2D eigenvalue weighted by Gasteiger charge is -2.18. The third kappa shape index (κ3) is 68.6. The van der Waals surface area contributed by atoms with Gasteiger partial charge in [-0.1, -0.05) is 373 Å². The Balaban J connectivity index is 4.27. The number of esters is 3. The van der Waals surface area contributed by atoms with Gasteiger partial charge in [0.2, 0.25) is 0 Å². The van der Waals surface area contributed by atoms with Gasteiger partial charge in [-0.05, 0) is 51.4 Å². The Morgan fingerprint density at radius 3 is 0.704 bits per heavy atom. The standard InChI is InChI=1S/C75H142O6/c1-4-7-10-13-16-19-22-25-28-31-33-35-37-38-40-41-44-47-50-53-56-59-62-65-68-74(77)80-71-72(70-79-73(76)67-64-61-58-55-52-49-46-43-30-27-24-21-18-15-12-9-6-3)81-75(78)69-66-63-60-57-54-51-48-45-42-39-36-34-32-29-26-23-20-17-14-11-8-5-2/h18,21,27,30,72H,4-17,19-20,22-26,28-29,31-71H2,1-3H3/b21-18-,30-27-. The van der Waals surface area contributed by atoms with E-state index in [0.29, 0.717) is 19.3 Å². The third-order valence-corrected chi connectivity index (χ3v) is 17.0. The summed E-state index contributed by atoms with van der Waals surface area (Å²) in [5.74, 6) is -0.838. The molecule has 1 atom stereocenters. The number of hydrogen-bond donors (Lipinski definition) is 0. The second-order valence-electron chi connectivity index (χ2n) is 25.2. The van der Waals surface area contributed by atoms with Crippen LogP contribution in [0.15, 0.2) is 24.3 Å². The fraction of sp³-hybridized carbons (Fsp3) is 0.907. The number of carbonyl (C=O) groups is 3. The zero-order valence-corrected chi connectivity index (χ0v) is 55.1. The molecule has 0 saturated heterocycles. The van der Waals surface area contributed by atoms with Gasteiger partial charge < -0.3 is 14.2 Å². The molecule has 0 fully saturated rings. The lowest BCUT2D eigenvalue weighted by molar-refractivity contribution is -0.167. The van der Waals surface area contributed by atoms with Gasteiger partial charge in [0.25, 0.3) is 0 Å². The van der Waals surface area contributed by atoms with Gasteiger partial charge >= 0.3 is 17.9 Å². The summed E-state index contributed by atoms with van der Waals surface area (Å²) in [5, 5.41) is 0. The maximum absolute atomic E-state index is 13.0. The Morgan fingerprint density at radius 2 is 0.444 bits per heavy atom. The van der Waals surface area contributed by atoms with Gasteiger partial charge in [-0.15, -0.1) is 0 Å². The number of ether oxygens (including phenoxy) is 3. The molecule has 0 amide bonds. The van der Waals surface area contributed by atoms with Crippen molar-refractivity contribution < 1.29 is 28.6 Å². The van der Waals surface area contributed by atoms with E-state index in [0.717, 1.165) is 70.6 Å². The molecule has 0 aliphatic carbocycles. The zero-order chi connectivity index (χ0) is 58.5. The lowest BCUT2D eigenvalue weighted by Crippen LogP contribution is -2.30. The zero-order valence-electron chi connectivity index (χ0n) is 55.1. The number of unbranched alkanes of at least 4 members (excludes halogenated alkanes) is 54. The topological polar surface area (TPSA) is 78.9 Å². The predicted octanol–water partition coefficient (Wildman–Crippen LogP) is 25.3. The number of rotatable bonds is 69. The van der Waals surface area contributed by atoms with E-state index in [1.807, 2.05) is 0 Å². The molecular weight excluding hydrogens is 997 g/mol. The molecule has 0 saturated carbocycles. The molecule has 81 heavy (non-hydrogen) atoms. The van der Waals surface area contributed by atoms with Gasteiger partial charge in [0.15, 0.2) is 6.10 Å².